The van der Waals surface area contributed by atoms with Crippen molar-refractivity contribution in [3.05, 3.63) is 65.7 Å². The van der Waals surface area contributed by atoms with Crippen LogP contribution in [0.25, 0.3) is 0 Å². The minimum absolute atomic E-state index is 0.0335. The van der Waals surface area contributed by atoms with E-state index in [1.165, 1.54) is 29.2 Å². The summed E-state index contributed by atoms with van der Waals surface area (Å²) in [5.41, 5.74) is 29.3. The summed E-state index contributed by atoms with van der Waals surface area (Å²) in [4.78, 5) is 113. The topological polar surface area (TPSA) is 383 Å². The number of nitrogens with zero attached hydrogens (tertiary/aromatic N) is 2. The standard InChI is InChI=1S/C45H68N12O10/c1-26(2)22-32(39(61)52-31(13-8-20-51-45(49)50)38(60)56-35(44(66)67)24-28-15-17-29(58)18-16-28)53-40(62)33(23-27-10-4-3-5-11-27)54-41(63)34(25-37(48)59)55-42(64)36-14-9-21-57(36)43(65)30(47)12-6-7-19-46/h3-5,10-11,15-18,26,30-36,58H,6-9,12-14,19-25,46-47H2,1-2H3,(H2,48,59)(H,52,61)(H,53,62)(H,54,63)(H,55,64)(H,56,60)(H,66,67)(H4,49,50,51)/t30-,31-,32-,33-,34-,35-,36-/m0/s1. The number of unbranched alkanes of at least 4 members (excludes halogenated alkanes) is 1. The van der Waals surface area contributed by atoms with E-state index in [2.05, 4.69) is 31.6 Å². The number of amides is 7. The van der Waals surface area contributed by atoms with E-state index in [0.29, 0.717) is 43.4 Å². The molecule has 1 fully saturated rings. The molecule has 1 aliphatic rings. The van der Waals surface area contributed by atoms with Gasteiger partial charge < -0.3 is 70.4 Å². The van der Waals surface area contributed by atoms with Gasteiger partial charge in [0, 0.05) is 25.9 Å². The van der Waals surface area contributed by atoms with Crippen LogP contribution in [0.5, 0.6) is 5.75 Å². The predicted octanol–water partition coefficient (Wildman–Crippen LogP) is -1.89. The molecular weight excluding hydrogens is 869 g/mol. The smallest absolute Gasteiger partial charge is 0.326 e. The van der Waals surface area contributed by atoms with Gasteiger partial charge in [-0.3, -0.25) is 38.6 Å². The molecule has 1 heterocycles. The Balaban J connectivity index is 1.87. The number of aliphatic imine (C=N–C) groups is 1. The Morgan fingerprint density at radius 3 is 1.90 bits per heavy atom. The van der Waals surface area contributed by atoms with Gasteiger partial charge in [-0.2, -0.15) is 0 Å². The molecule has 3 rings (SSSR count). The second-order valence-corrected chi connectivity index (χ2v) is 17.0. The third-order valence-corrected chi connectivity index (χ3v) is 11.0. The number of phenols is 1. The Labute approximate surface area is 390 Å². The van der Waals surface area contributed by atoms with Gasteiger partial charge in [0.05, 0.1) is 12.5 Å². The Morgan fingerprint density at radius 2 is 1.28 bits per heavy atom. The number of rotatable bonds is 28. The van der Waals surface area contributed by atoms with Crippen LogP contribution in [0.3, 0.4) is 0 Å². The summed E-state index contributed by atoms with van der Waals surface area (Å²) in [6, 6.07) is 5.49. The normalized spacial score (nSPS) is 16.0. The van der Waals surface area contributed by atoms with Crippen LogP contribution < -0.4 is 55.3 Å². The fraction of sp³-hybridized carbons (Fsp3) is 0.533. The monoisotopic (exact) mass is 937 g/mol. The number of benzene rings is 2. The van der Waals surface area contributed by atoms with Crippen molar-refractivity contribution in [1.82, 2.24) is 31.5 Å². The minimum atomic E-state index is -1.57. The third kappa shape index (κ3) is 18.9. The zero-order valence-electron chi connectivity index (χ0n) is 38.2. The summed E-state index contributed by atoms with van der Waals surface area (Å²) in [6.45, 7) is 4.35. The predicted molar refractivity (Wildman–Crippen MR) is 248 cm³/mol. The average molecular weight is 937 g/mol. The number of carboxylic acids is 1. The van der Waals surface area contributed by atoms with Gasteiger partial charge in [0.15, 0.2) is 5.96 Å². The van der Waals surface area contributed by atoms with Gasteiger partial charge in [0.25, 0.3) is 0 Å². The number of hydrogen-bond donors (Lipinski definition) is 12. The molecule has 0 unspecified atom stereocenters. The molecule has 368 valence electrons. The minimum Gasteiger partial charge on any atom is -0.508 e. The molecule has 7 atom stereocenters. The molecule has 17 N–H and O–H groups in total. The van der Waals surface area contributed by atoms with Crippen LogP contribution in [-0.4, -0.2) is 130 Å². The van der Waals surface area contributed by atoms with Crippen LogP contribution in [0, 0.1) is 5.92 Å². The zero-order chi connectivity index (χ0) is 49.6. The average Bonchev–Trinajstić information content (AvgIpc) is 3.77. The van der Waals surface area contributed by atoms with Crippen LogP contribution in [0.1, 0.15) is 82.8 Å². The molecule has 2 aromatic carbocycles. The number of nitrogens with one attached hydrogen (secondary N) is 5. The molecule has 1 saturated heterocycles. The lowest BCUT2D eigenvalue weighted by Crippen LogP contribution is -2.60. The highest BCUT2D eigenvalue weighted by molar-refractivity contribution is 5.98. The summed E-state index contributed by atoms with van der Waals surface area (Å²) < 4.78 is 0. The number of phenolic OH excluding ortho intramolecular Hbond substituents is 1. The maximum Gasteiger partial charge on any atom is 0.326 e. The zero-order valence-corrected chi connectivity index (χ0v) is 38.2. The first-order valence-corrected chi connectivity index (χ1v) is 22.5. The van der Waals surface area contributed by atoms with Gasteiger partial charge >= 0.3 is 5.97 Å². The number of carbonyl (C=O) groups excluding carboxylic acids is 7. The highest BCUT2D eigenvalue weighted by Crippen LogP contribution is 2.20. The van der Waals surface area contributed by atoms with Crippen LogP contribution >= 0.6 is 0 Å². The second-order valence-electron chi connectivity index (χ2n) is 17.0. The van der Waals surface area contributed by atoms with E-state index in [1.54, 1.807) is 44.2 Å². The molecule has 0 aliphatic carbocycles. The summed E-state index contributed by atoms with van der Waals surface area (Å²) in [7, 11) is 0. The number of likely N-dealkylation sites (tertiary alicyclic amines) is 1. The van der Waals surface area contributed by atoms with Gasteiger partial charge in [-0.25, -0.2) is 4.79 Å². The van der Waals surface area contributed by atoms with E-state index in [1.807, 2.05) is 0 Å². The first kappa shape index (κ1) is 54.5. The molecular formula is C45H68N12O10. The lowest BCUT2D eigenvalue weighted by molar-refractivity contribution is -0.142. The van der Waals surface area contributed by atoms with E-state index in [0.717, 1.165) is 0 Å². The number of carboxylic acid groups (broad SMARTS) is 1. The van der Waals surface area contributed by atoms with Crippen molar-refractivity contribution in [3.63, 3.8) is 0 Å². The van der Waals surface area contributed by atoms with Crippen molar-refractivity contribution in [2.75, 3.05) is 19.6 Å². The summed E-state index contributed by atoms with van der Waals surface area (Å²) in [6.07, 6.45) is 1.70. The number of primary amides is 1. The maximum atomic E-state index is 14.3. The molecule has 0 saturated carbocycles. The SMILES string of the molecule is CC(C)C[C@H](NC(=O)[C@H](Cc1ccccc1)NC(=O)[C@H](CC(N)=O)NC(=O)[C@@H]1CCCN1C(=O)[C@@H](N)CCCCN)C(=O)N[C@@H](CCCN=C(N)N)C(=O)N[C@@H](Cc1ccc(O)cc1)C(=O)O. The lowest BCUT2D eigenvalue weighted by atomic mass is 9.99. The van der Waals surface area contributed by atoms with Gasteiger partial charge in [0.1, 0.15) is 42.0 Å². The number of nitrogens with two attached hydrogens (primary N) is 5. The maximum absolute atomic E-state index is 14.3. The molecule has 0 spiro atoms. The van der Waals surface area contributed by atoms with Crippen molar-refractivity contribution < 1.29 is 48.6 Å². The molecule has 7 amide bonds. The van der Waals surface area contributed by atoms with Crippen LogP contribution in [-0.2, 0) is 51.2 Å². The second kappa shape index (κ2) is 27.6. The fourth-order valence-corrected chi connectivity index (χ4v) is 7.52. The molecule has 67 heavy (non-hydrogen) atoms. The van der Waals surface area contributed by atoms with E-state index in [4.69, 9.17) is 28.7 Å². The van der Waals surface area contributed by atoms with Crippen molar-refractivity contribution in [1.29, 1.82) is 0 Å². The number of aliphatic carboxylic acids is 1. The van der Waals surface area contributed by atoms with Crippen LogP contribution in [0.15, 0.2) is 59.6 Å². The summed E-state index contributed by atoms with van der Waals surface area (Å²) in [5.74, 6) is -7.29. The Morgan fingerprint density at radius 1 is 0.716 bits per heavy atom. The number of guanidine groups is 1. The van der Waals surface area contributed by atoms with Crippen LogP contribution in [0.2, 0.25) is 0 Å². The molecule has 0 aromatic heterocycles. The quantitative estimate of drug-likeness (QED) is 0.0252. The Bertz CT molecular complexity index is 2020. The molecule has 22 heteroatoms. The molecule has 1 aliphatic heterocycles. The third-order valence-electron chi connectivity index (χ3n) is 11.0. The van der Waals surface area contributed by atoms with E-state index >= 15 is 0 Å². The lowest BCUT2D eigenvalue weighted by Gasteiger charge is -2.29. The largest absolute Gasteiger partial charge is 0.508 e. The first-order chi connectivity index (χ1) is 31.8. The Hall–Kier alpha value is -6.81. The fourth-order valence-electron chi connectivity index (χ4n) is 7.52. The number of hydrogen-bond acceptors (Lipinski definition) is 12. The molecule has 0 radical (unpaired) electrons. The highest BCUT2D eigenvalue weighted by Gasteiger charge is 2.39. The molecule has 2 aromatic rings. The Kier molecular flexibility index (Phi) is 22.5. The molecule has 0 bridgehead atoms. The molecule has 22 nitrogen and oxygen atoms in total. The number of carbonyl (C=O) groups is 8. The van der Waals surface area contributed by atoms with Crippen molar-refractivity contribution in [3.8, 4) is 5.75 Å². The summed E-state index contributed by atoms with van der Waals surface area (Å²) >= 11 is 0. The van der Waals surface area contributed by atoms with Crippen molar-refractivity contribution in [2.45, 2.75) is 127 Å². The van der Waals surface area contributed by atoms with E-state index < -0.39 is 96.0 Å². The van der Waals surface area contributed by atoms with Gasteiger partial charge in [-0.05, 0) is 80.7 Å². The number of aromatic hydroxyl groups is 1. The highest BCUT2D eigenvalue weighted by atomic mass is 16.4. The van der Waals surface area contributed by atoms with Crippen molar-refractivity contribution >= 4 is 53.3 Å². The summed E-state index contributed by atoms with van der Waals surface area (Å²) in [5, 5.41) is 32.6. The van der Waals surface area contributed by atoms with Crippen molar-refractivity contribution in [2.24, 2.45) is 39.6 Å². The van der Waals surface area contributed by atoms with Gasteiger partial charge in [-0.1, -0.05) is 62.7 Å². The van der Waals surface area contributed by atoms with Gasteiger partial charge in [0.2, 0.25) is 41.4 Å². The van der Waals surface area contributed by atoms with Gasteiger partial charge in [-0.15, -0.1) is 0 Å². The van der Waals surface area contributed by atoms with E-state index in [9.17, 15) is 48.6 Å². The first-order valence-electron chi connectivity index (χ1n) is 22.5. The van der Waals surface area contributed by atoms with Crippen LogP contribution in [0.4, 0.5) is 0 Å². The van der Waals surface area contributed by atoms with E-state index in [-0.39, 0.29) is 69.2 Å².